The molecule has 124 valence electrons. The molecule has 1 atom stereocenters. The first-order valence-electron chi connectivity index (χ1n) is 7.74. The summed E-state index contributed by atoms with van der Waals surface area (Å²) in [6, 6.07) is 4.16. The van der Waals surface area contributed by atoms with E-state index in [-0.39, 0.29) is 17.5 Å². The Morgan fingerprint density at radius 3 is 3.04 bits per heavy atom. The number of likely N-dealkylation sites (tertiary alicyclic amines) is 1. The van der Waals surface area contributed by atoms with Gasteiger partial charge in [-0.05, 0) is 38.5 Å². The van der Waals surface area contributed by atoms with Crippen LogP contribution in [0.2, 0.25) is 0 Å². The molecule has 1 saturated heterocycles. The average molecular weight is 320 g/mol. The molecule has 1 fully saturated rings. The molecular weight excluding hydrogens is 299 g/mol. The van der Waals surface area contributed by atoms with Crippen LogP contribution in [0.1, 0.15) is 30.6 Å². The highest BCUT2D eigenvalue weighted by atomic mass is 19.1. The van der Waals surface area contributed by atoms with Crippen LogP contribution in [0.5, 0.6) is 0 Å². The highest BCUT2D eigenvalue weighted by Crippen LogP contribution is 2.22. The molecule has 0 bridgehead atoms. The van der Waals surface area contributed by atoms with Crippen molar-refractivity contribution in [3.05, 3.63) is 35.8 Å². The fourth-order valence-electron chi connectivity index (χ4n) is 3.12. The van der Waals surface area contributed by atoms with Crippen molar-refractivity contribution in [2.24, 2.45) is 0 Å². The third kappa shape index (κ3) is 3.71. The average Bonchev–Trinajstić information content (AvgIpc) is 3.05. The normalized spacial score (nSPS) is 19.4. The molecule has 2 aromatic rings. The minimum absolute atomic E-state index is 0.0156. The Bertz CT molecular complexity index is 720. The Hall–Kier alpha value is -1.92. The number of carbonyl (C=O) groups is 1. The van der Waals surface area contributed by atoms with Gasteiger partial charge in [-0.3, -0.25) is 9.69 Å². The first-order valence-corrected chi connectivity index (χ1v) is 7.74. The molecule has 6 heteroatoms. The fraction of sp³-hybridized carbons (Fsp3) is 0.471. The van der Waals surface area contributed by atoms with Crippen LogP contribution in [0, 0.1) is 5.82 Å². The van der Waals surface area contributed by atoms with Crippen molar-refractivity contribution in [3.63, 3.8) is 0 Å². The molecule has 1 aromatic carbocycles. The number of halogens is 1. The Morgan fingerprint density at radius 2 is 2.30 bits per heavy atom. The Balaban J connectivity index is 1.69. The molecule has 2 heterocycles. The number of aliphatic hydroxyl groups is 1. The van der Waals surface area contributed by atoms with E-state index in [0.717, 1.165) is 13.0 Å². The number of nitrogens with one attached hydrogen (secondary N) is 1. The number of rotatable bonds is 4. The van der Waals surface area contributed by atoms with Gasteiger partial charge < -0.3 is 14.8 Å². The Labute approximate surface area is 134 Å². The maximum absolute atomic E-state index is 13.6. The van der Waals surface area contributed by atoms with Gasteiger partial charge in [0.2, 0.25) is 0 Å². The van der Waals surface area contributed by atoms with Crippen LogP contribution in [0.15, 0.2) is 28.9 Å². The first-order chi connectivity index (χ1) is 10.8. The van der Waals surface area contributed by atoms with Crippen LogP contribution in [0.4, 0.5) is 4.39 Å². The van der Waals surface area contributed by atoms with Crippen molar-refractivity contribution in [1.82, 2.24) is 10.2 Å². The number of β-amino-alcohol motifs (C(OH)–C–C–N with tert-alkyl or cyclic N) is 1. The second kappa shape index (κ2) is 5.94. The molecule has 0 aliphatic carbocycles. The van der Waals surface area contributed by atoms with Gasteiger partial charge in [0.1, 0.15) is 11.4 Å². The minimum Gasteiger partial charge on any atom is -0.464 e. The van der Waals surface area contributed by atoms with Crippen LogP contribution < -0.4 is 5.32 Å². The van der Waals surface area contributed by atoms with Crippen molar-refractivity contribution in [2.45, 2.75) is 31.9 Å². The van der Waals surface area contributed by atoms with Gasteiger partial charge in [-0.2, -0.15) is 0 Å². The third-order valence-electron chi connectivity index (χ3n) is 3.98. The third-order valence-corrected chi connectivity index (χ3v) is 3.98. The molecule has 1 aliphatic heterocycles. The summed E-state index contributed by atoms with van der Waals surface area (Å²) in [5.74, 6) is -0.793. The van der Waals surface area contributed by atoms with Crippen LogP contribution in [-0.4, -0.2) is 47.2 Å². The van der Waals surface area contributed by atoms with E-state index >= 15 is 0 Å². The topological polar surface area (TPSA) is 65.7 Å². The van der Waals surface area contributed by atoms with Crippen molar-refractivity contribution in [2.75, 3.05) is 19.6 Å². The van der Waals surface area contributed by atoms with Gasteiger partial charge in [-0.1, -0.05) is 0 Å². The van der Waals surface area contributed by atoms with Crippen LogP contribution >= 0.6 is 0 Å². The van der Waals surface area contributed by atoms with Crippen molar-refractivity contribution in [1.29, 1.82) is 0 Å². The first kappa shape index (κ1) is 16.0. The minimum atomic E-state index is -0.762. The predicted octanol–water partition coefficient (Wildman–Crippen LogP) is 2.15. The number of nitrogens with zero attached hydrogens (tertiary/aromatic N) is 1. The van der Waals surface area contributed by atoms with E-state index < -0.39 is 11.4 Å². The lowest BCUT2D eigenvalue weighted by Gasteiger charge is -2.25. The van der Waals surface area contributed by atoms with E-state index in [1.54, 1.807) is 19.9 Å². The van der Waals surface area contributed by atoms with Gasteiger partial charge in [0.15, 0.2) is 0 Å². The van der Waals surface area contributed by atoms with Crippen LogP contribution in [0.3, 0.4) is 0 Å². The number of amides is 1. The molecule has 0 saturated carbocycles. The lowest BCUT2D eigenvalue weighted by Crippen LogP contribution is -2.41. The lowest BCUT2D eigenvalue weighted by molar-refractivity contribution is 0.0433. The maximum atomic E-state index is 13.6. The van der Waals surface area contributed by atoms with Gasteiger partial charge >= 0.3 is 0 Å². The largest absolute Gasteiger partial charge is 0.464 e. The summed E-state index contributed by atoms with van der Waals surface area (Å²) in [5, 5.41) is 13.4. The van der Waals surface area contributed by atoms with E-state index in [9.17, 15) is 14.3 Å². The van der Waals surface area contributed by atoms with Gasteiger partial charge in [-0.15, -0.1) is 0 Å². The highest BCUT2D eigenvalue weighted by Gasteiger charge is 2.28. The fourth-order valence-corrected chi connectivity index (χ4v) is 3.12. The zero-order valence-electron chi connectivity index (χ0n) is 13.3. The number of fused-ring (bicyclic) bond motifs is 1. The van der Waals surface area contributed by atoms with Gasteiger partial charge in [0.05, 0.1) is 17.4 Å². The van der Waals surface area contributed by atoms with Crippen molar-refractivity contribution in [3.8, 4) is 0 Å². The van der Waals surface area contributed by atoms with Crippen LogP contribution in [0.25, 0.3) is 11.0 Å². The van der Waals surface area contributed by atoms with Crippen LogP contribution in [-0.2, 0) is 0 Å². The van der Waals surface area contributed by atoms with E-state index in [1.807, 2.05) is 0 Å². The van der Waals surface area contributed by atoms with E-state index in [4.69, 9.17) is 4.42 Å². The Kier molecular flexibility index (Phi) is 4.12. The second-order valence-corrected chi connectivity index (χ2v) is 6.80. The number of hydrogen-bond acceptors (Lipinski definition) is 4. The molecule has 3 rings (SSSR count). The smallest absolute Gasteiger partial charge is 0.255 e. The van der Waals surface area contributed by atoms with Crippen molar-refractivity contribution < 1.29 is 18.7 Å². The SMILES string of the molecule is CC(C)(O)CN1CC[C@H](NC(=O)c2cc(F)cc3ccoc23)C1. The molecule has 1 aromatic heterocycles. The zero-order valence-corrected chi connectivity index (χ0v) is 13.3. The molecule has 1 amide bonds. The standard InChI is InChI=1S/C17H21FN2O3/c1-17(2,22)10-20-5-3-13(9-20)19-16(21)14-8-12(18)7-11-4-6-23-15(11)14/h4,6-8,13,22H,3,5,9-10H2,1-2H3,(H,19,21)/t13-/m0/s1. The summed E-state index contributed by atoms with van der Waals surface area (Å²) in [5.41, 5.74) is -0.150. The quantitative estimate of drug-likeness (QED) is 0.906. The predicted molar refractivity (Wildman–Crippen MR) is 84.8 cm³/mol. The van der Waals surface area contributed by atoms with E-state index in [1.165, 1.54) is 18.4 Å². The summed E-state index contributed by atoms with van der Waals surface area (Å²) < 4.78 is 18.9. The number of carbonyl (C=O) groups excluding carboxylic acids is 1. The zero-order chi connectivity index (χ0) is 16.6. The Morgan fingerprint density at radius 1 is 1.52 bits per heavy atom. The molecule has 2 N–H and O–H groups in total. The number of benzene rings is 1. The highest BCUT2D eigenvalue weighted by molar-refractivity contribution is 6.05. The molecule has 5 nitrogen and oxygen atoms in total. The lowest BCUT2D eigenvalue weighted by atomic mass is 10.1. The second-order valence-electron chi connectivity index (χ2n) is 6.80. The summed E-state index contributed by atoms with van der Waals surface area (Å²) in [6.45, 7) is 5.57. The number of hydrogen-bond donors (Lipinski definition) is 2. The summed E-state index contributed by atoms with van der Waals surface area (Å²) in [6.07, 6.45) is 2.25. The molecule has 1 aliphatic rings. The van der Waals surface area contributed by atoms with E-state index in [0.29, 0.717) is 24.1 Å². The monoisotopic (exact) mass is 320 g/mol. The van der Waals surface area contributed by atoms with E-state index in [2.05, 4.69) is 10.2 Å². The van der Waals surface area contributed by atoms with Crippen molar-refractivity contribution >= 4 is 16.9 Å². The maximum Gasteiger partial charge on any atom is 0.255 e. The molecule has 0 spiro atoms. The molecule has 0 radical (unpaired) electrons. The number of furan rings is 1. The molecule has 23 heavy (non-hydrogen) atoms. The van der Waals surface area contributed by atoms with Gasteiger partial charge in [0.25, 0.3) is 5.91 Å². The summed E-state index contributed by atoms with van der Waals surface area (Å²) in [7, 11) is 0. The van der Waals surface area contributed by atoms with Gasteiger partial charge in [0, 0.05) is 31.1 Å². The summed E-state index contributed by atoms with van der Waals surface area (Å²) >= 11 is 0. The summed E-state index contributed by atoms with van der Waals surface area (Å²) in [4.78, 5) is 14.6. The van der Waals surface area contributed by atoms with Gasteiger partial charge in [-0.25, -0.2) is 4.39 Å². The molecular formula is C17H21FN2O3. The molecule has 0 unspecified atom stereocenters.